The maximum absolute atomic E-state index is 11.8. The first kappa shape index (κ1) is 14.5. The second-order valence-electron chi connectivity index (χ2n) is 3.27. The van der Waals surface area contributed by atoms with Crippen LogP contribution in [0.25, 0.3) is 0 Å². The van der Waals surface area contributed by atoms with Crippen molar-refractivity contribution in [1.82, 2.24) is 9.97 Å². The Hall–Kier alpha value is -1.57. The molecular formula is C10H14F3N3O2. The van der Waals surface area contributed by atoms with Crippen LogP contribution in [0.3, 0.4) is 0 Å². The first-order valence-corrected chi connectivity index (χ1v) is 5.34. The molecule has 0 saturated heterocycles. The van der Waals surface area contributed by atoms with Crippen molar-refractivity contribution in [2.45, 2.75) is 13.1 Å². The van der Waals surface area contributed by atoms with Gasteiger partial charge in [-0.05, 0) is 6.92 Å². The number of halogens is 3. The largest absolute Gasteiger partial charge is 0.478 e. The summed E-state index contributed by atoms with van der Waals surface area (Å²) in [6.45, 7) is 1.21. The minimum absolute atomic E-state index is 0.0620. The van der Waals surface area contributed by atoms with Crippen LogP contribution in [0.15, 0.2) is 12.4 Å². The van der Waals surface area contributed by atoms with Gasteiger partial charge in [0.2, 0.25) is 5.88 Å². The molecule has 0 aliphatic rings. The average molecular weight is 265 g/mol. The van der Waals surface area contributed by atoms with Gasteiger partial charge >= 0.3 is 6.18 Å². The molecule has 5 nitrogen and oxygen atoms in total. The summed E-state index contributed by atoms with van der Waals surface area (Å²) in [4.78, 5) is 7.74. The van der Waals surface area contributed by atoms with Crippen molar-refractivity contribution in [3.05, 3.63) is 12.4 Å². The Labute approximate surface area is 102 Å². The third kappa shape index (κ3) is 6.24. The SMILES string of the molecule is CCOc1cc(NCCOCC(F)(F)F)ncn1. The molecule has 0 saturated carbocycles. The third-order valence-electron chi connectivity index (χ3n) is 1.75. The van der Waals surface area contributed by atoms with Crippen molar-refractivity contribution < 1.29 is 22.6 Å². The van der Waals surface area contributed by atoms with E-state index in [-0.39, 0.29) is 13.2 Å². The molecule has 0 unspecified atom stereocenters. The second kappa shape index (κ2) is 7.00. The number of rotatable bonds is 7. The van der Waals surface area contributed by atoms with Gasteiger partial charge in [0, 0.05) is 12.6 Å². The Morgan fingerprint density at radius 2 is 2.11 bits per heavy atom. The molecule has 0 aromatic carbocycles. The van der Waals surface area contributed by atoms with E-state index in [0.717, 1.165) is 0 Å². The molecule has 1 N–H and O–H groups in total. The Balaban J connectivity index is 2.24. The van der Waals surface area contributed by atoms with Crippen molar-refractivity contribution in [1.29, 1.82) is 0 Å². The minimum atomic E-state index is -4.29. The van der Waals surface area contributed by atoms with Gasteiger partial charge in [-0.3, -0.25) is 0 Å². The number of anilines is 1. The highest BCUT2D eigenvalue weighted by atomic mass is 19.4. The van der Waals surface area contributed by atoms with Gasteiger partial charge in [-0.2, -0.15) is 13.2 Å². The zero-order valence-corrected chi connectivity index (χ0v) is 9.83. The van der Waals surface area contributed by atoms with Crippen LogP contribution in [0.2, 0.25) is 0 Å². The quantitative estimate of drug-likeness (QED) is 0.763. The number of hydrogen-bond donors (Lipinski definition) is 1. The van der Waals surface area contributed by atoms with E-state index >= 15 is 0 Å². The lowest BCUT2D eigenvalue weighted by Crippen LogP contribution is -2.20. The molecular weight excluding hydrogens is 251 g/mol. The smallest absolute Gasteiger partial charge is 0.411 e. The summed E-state index contributed by atoms with van der Waals surface area (Å²) in [5.74, 6) is 0.885. The Bertz CT molecular complexity index is 360. The number of nitrogens with one attached hydrogen (secondary N) is 1. The van der Waals surface area contributed by atoms with Gasteiger partial charge in [0.15, 0.2) is 0 Å². The fraction of sp³-hybridized carbons (Fsp3) is 0.600. The van der Waals surface area contributed by atoms with E-state index in [1.807, 2.05) is 6.92 Å². The highest BCUT2D eigenvalue weighted by molar-refractivity contribution is 5.36. The molecule has 8 heteroatoms. The van der Waals surface area contributed by atoms with Crippen LogP contribution in [0.1, 0.15) is 6.92 Å². The third-order valence-corrected chi connectivity index (χ3v) is 1.75. The summed E-state index contributed by atoms with van der Waals surface area (Å²) < 4.78 is 44.9. The Morgan fingerprint density at radius 3 is 2.78 bits per heavy atom. The topological polar surface area (TPSA) is 56.3 Å². The molecule has 0 bridgehead atoms. The lowest BCUT2D eigenvalue weighted by atomic mass is 10.5. The summed E-state index contributed by atoms with van der Waals surface area (Å²) in [6.07, 6.45) is -2.99. The number of aromatic nitrogens is 2. The maximum Gasteiger partial charge on any atom is 0.411 e. The van der Waals surface area contributed by atoms with Crippen LogP contribution < -0.4 is 10.1 Å². The second-order valence-corrected chi connectivity index (χ2v) is 3.27. The van der Waals surface area contributed by atoms with Crippen LogP contribution in [-0.4, -0.2) is 42.5 Å². The van der Waals surface area contributed by atoms with Crippen molar-refractivity contribution >= 4 is 5.82 Å². The van der Waals surface area contributed by atoms with Crippen LogP contribution >= 0.6 is 0 Å². The highest BCUT2D eigenvalue weighted by Gasteiger charge is 2.27. The van der Waals surface area contributed by atoms with Gasteiger partial charge in [0.05, 0.1) is 13.2 Å². The fourth-order valence-electron chi connectivity index (χ4n) is 1.10. The molecule has 1 aromatic heterocycles. The average Bonchev–Trinajstić information content (AvgIpc) is 2.28. The van der Waals surface area contributed by atoms with Crippen molar-refractivity contribution in [3.8, 4) is 5.88 Å². The summed E-state index contributed by atoms with van der Waals surface area (Å²) in [5, 5.41) is 2.81. The standard InChI is InChI=1S/C10H14F3N3O2/c1-2-18-9-5-8(15-7-16-9)14-3-4-17-6-10(11,12)13/h5,7H,2-4,6H2,1H3,(H,14,15,16). The van der Waals surface area contributed by atoms with Crippen LogP contribution in [0.5, 0.6) is 5.88 Å². The van der Waals surface area contributed by atoms with E-state index in [1.165, 1.54) is 6.33 Å². The fourth-order valence-corrected chi connectivity index (χ4v) is 1.10. The van der Waals surface area contributed by atoms with Gasteiger partial charge in [0.25, 0.3) is 0 Å². The molecule has 0 aliphatic carbocycles. The zero-order valence-electron chi connectivity index (χ0n) is 9.83. The molecule has 1 heterocycles. The first-order chi connectivity index (χ1) is 8.51. The molecule has 0 radical (unpaired) electrons. The number of nitrogens with zero attached hydrogens (tertiary/aromatic N) is 2. The molecule has 0 amide bonds. The van der Waals surface area contributed by atoms with Crippen molar-refractivity contribution in [2.24, 2.45) is 0 Å². The van der Waals surface area contributed by atoms with E-state index in [0.29, 0.717) is 18.3 Å². The van der Waals surface area contributed by atoms with Crippen molar-refractivity contribution in [2.75, 3.05) is 31.7 Å². The maximum atomic E-state index is 11.8. The van der Waals surface area contributed by atoms with E-state index in [9.17, 15) is 13.2 Å². The molecule has 18 heavy (non-hydrogen) atoms. The molecule has 0 fully saturated rings. The van der Waals surface area contributed by atoms with Crippen LogP contribution in [0.4, 0.5) is 19.0 Å². The number of ether oxygens (including phenoxy) is 2. The highest BCUT2D eigenvalue weighted by Crippen LogP contribution is 2.14. The van der Waals surface area contributed by atoms with E-state index in [4.69, 9.17) is 4.74 Å². The molecule has 0 atom stereocenters. The summed E-state index contributed by atoms with van der Waals surface area (Å²) >= 11 is 0. The molecule has 102 valence electrons. The zero-order chi connectivity index (χ0) is 13.4. The number of hydrogen-bond acceptors (Lipinski definition) is 5. The van der Waals surface area contributed by atoms with E-state index in [1.54, 1.807) is 6.07 Å². The van der Waals surface area contributed by atoms with E-state index < -0.39 is 12.8 Å². The monoisotopic (exact) mass is 265 g/mol. The number of alkyl halides is 3. The lowest BCUT2D eigenvalue weighted by Gasteiger charge is -2.09. The summed E-state index contributed by atoms with van der Waals surface area (Å²) in [6, 6.07) is 1.56. The normalized spacial score (nSPS) is 11.3. The van der Waals surface area contributed by atoms with Gasteiger partial charge in [-0.25, -0.2) is 9.97 Å². The van der Waals surface area contributed by atoms with Crippen LogP contribution in [-0.2, 0) is 4.74 Å². The predicted molar refractivity (Wildman–Crippen MR) is 58.6 cm³/mol. The van der Waals surface area contributed by atoms with Gasteiger partial charge in [0.1, 0.15) is 18.8 Å². The van der Waals surface area contributed by atoms with Crippen molar-refractivity contribution in [3.63, 3.8) is 0 Å². The van der Waals surface area contributed by atoms with E-state index in [2.05, 4.69) is 20.0 Å². The Morgan fingerprint density at radius 1 is 1.33 bits per heavy atom. The Kier molecular flexibility index (Phi) is 5.63. The van der Waals surface area contributed by atoms with Gasteiger partial charge in [-0.1, -0.05) is 0 Å². The molecule has 1 aromatic rings. The predicted octanol–water partition coefficient (Wildman–Crippen LogP) is 1.87. The summed E-state index contributed by atoms with van der Waals surface area (Å²) in [5.41, 5.74) is 0. The lowest BCUT2D eigenvalue weighted by molar-refractivity contribution is -0.172. The first-order valence-electron chi connectivity index (χ1n) is 5.34. The van der Waals surface area contributed by atoms with Crippen LogP contribution in [0, 0.1) is 0 Å². The summed E-state index contributed by atoms with van der Waals surface area (Å²) in [7, 11) is 0. The molecule has 1 rings (SSSR count). The molecule has 0 spiro atoms. The molecule has 0 aliphatic heterocycles. The van der Waals surface area contributed by atoms with Gasteiger partial charge < -0.3 is 14.8 Å². The van der Waals surface area contributed by atoms with Gasteiger partial charge in [-0.15, -0.1) is 0 Å². The minimum Gasteiger partial charge on any atom is -0.478 e.